The predicted molar refractivity (Wildman–Crippen MR) is 109 cm³/mol. The summed E-state index contributed by atoms with van der Waals surface area (Å²) in [5.74, 6) is 0.0460. The molecule has 0 atom stereocenters. The molecule has 0 fully saturated rings. The summed E-state index contributed by atoms with van der Waals surface area (Å²) in [7, 11) is 1.80. The summed E-state index contributed by atoms with van der Waals surface area (Å²) >= 11 is 0. The molecule has 1 amide bonds. The van der Waals surface area contributed by atoms with Crippen LogP contribution < -0.4 is 5.32 Å². The van der Waals surface area contributed by atoms with E-state index in [1.54, 1.807) is 11.7 Å². The van der Waals surface area contributed by atoms with Crippen molar-refractivity contribution in [3.63, 3.8) is 0 Å². The number of carbonyl (C=O) groups excluding carboxylic acids is 1. The number of rotatable bonds is 6. The monoisotopic (exact) mass is 387 g/mol. The Labute approximate surface area is 168 Å². The number of hydrogen-bond donors (Lipinski definition) is 1. The zero-order chi connectivity index (χ0) is 20.2. The van der Waals surface area contributed by atoms with E-state index in [2.05, 4.69) is 20.6 Å². The topological polar surface area (TPSA) is 85.8 Å². The molecule has 0 aliphatic heterocycles. The van der Waals surface area contributed by atoms with Gasteiger partial charge in [-0.05, 0) is 24.1 Å². The van der Waals surface area contributed by atoms with Crippen LogP contribution in [0.25, 0.3) is 11.6 Å². The fraction of sp³-hybridized carbons (Fsp3) is 0.182. The molecule has 2 aromatic carbocycles. The van der Waals surface area contributed by atoms with E-state index in [9.17, 15) is 4.79 Å². The summed E-state index contributed by atoms with van der Waals surface area (Å²) in [4.78, 5) is 12.7. The van der Waals surface area contributed by atoms with Crippen LogP contribution in [0.5, 0.6) is 0 Å². The molecule has 4 rings (SSSR count). The van der Waals surface area contributed by atoms with Crippen LogP contribution in [0.3, 0.4) is 0 Å². The summed E-state index contributed by atoms with van der Waals surface area (Å²) in [5.41, 5.74) is 3.69. The molecule has 0 aliphatic carbocycles. The first kappa shape index (κ1) is 18.6. The molecule has 4 aromatic rings. The summed E-state index contributed by atoms with van der Waals surface area (Å²) in [6.07, 6.45) is 0.260. The van der Waals surface area contributed by atoms with Crippen molar-refractivity contribution in [3.8, 4) is 11.6 Å². The average molecular weight is 387 g/mol. The van der Waals surface area contributed by atoms with Gasteiger partial charge in [0.05, 0.1) is 5.69 Å². The Bertz CT molecular complexity index is 1060. The lowest BCUT2D eigenvalue weighted by Gasteiger charge is -2.17. The van der Waals surface area contributed by atoms with Gasteiger partial charge in [0.2, 0.25) is 5.91 Å². The molecule has 29 heavy (non-hydrogen) atoms. The van der Waals surface area contributed by atoms with Crippen molar-refractivity contribution in [2.45, 2.75) is 19.3 Å². The highest BCUT2D eigenvalue weighted by Gasteiger charge is 2.20. The standard InChI is InChI=1S/C22H21N5O2/c1-15-13-19(27(2)26-15)21-24-25-22(29-21)23-20(28)14-18(16-9-5-3-6-10-16)17-11-7-4-8-12-17/h3-13,18H,14H2,1-2H3,(H,23,25,28). The van der Waals surface area contributed by atoms with Gasteiger partial charge in [-0.1, -0.05) is 65.8 Å². The second-order valence-corrected chi connectivity index (χ2v) is 6.83. The normalized spacial score (nSPS) is 11.0. The molecule has 1 N–H and O–H groups in total. The third kappa shape index (κ3) is 4.24. The van der Waals surface area contributed by atoms with Crippen molar-refractivity contribution in [1.29, 1.82) is 0 Å². The summed E-state index contributed by atoms with van der Waals surface area (Å²) in [5, 5.41) is 14.9. The summed E-state index contributed by atoms with van der Waals surface area (Å²) in [6.45, 7) is 1.88. The first-order valence-corrected chi connectivity index (χ1v) is 9.34. The van der Waals surface area contributed by atoms with Gasteiger partial charge in [-0.15, -0.1) is 5.10 Å². The lowest BCUT2D eigenvalue weighted by Crippen LogP contribution is -2.16. The zero-order valence-electron chi connectivity index (χ0n) is 16.2. The number of hydrogen-bond acceptors (Lipinski definition) is 5. The van der Waals surface area contributed by atoms with Gasteiger partial charge in [-0.2, -0.15) is 5.10 Å². The van der Waals surface area contributed by atoms with E-state index in [0.717, 1.165) is 16.8 Å². The maximum atomic E-state index is 12.7. The van der Waals surface area contributed by atoms with E-state index < -0.39 is 0 Å². The Hall–Kier alpha value is -3.74. The maximum Gasteiger partial charge on any atom is 0.322 e. The number of carbonyl (C=O) groups is 1. The number of nitrogens with zero attached hydrogens (tertiary/aromatic N) is 4. The minimum absolute atomic E-state index is 0.0699. The van der Waals surface area contributed by atoms with Gasteiger partial charge in [0.1, 0.15) is 5.69 Å². The van der Waals surface area contributed by atoms with Crippen LogP contribution in [0.15, 0.2) is 71.1 Å². The number of benzene rings is 2. The van der Waals surface area contributed by atoms with Gasteiger partial charge >= 0.3 is 6.01 Å². The number of aromatic nitrogens is 4. The van der Waals surface area contributed by atoms with Crippen LogP contribution in [0.2, 0.25) is 0 Å². The number of nitrogens with one attached hydrogen (secondary N) is 1. The molecule has 0 unspecified atom stereocenters. The Balaban J connectivity index is 1.51. The van der Waals surface area contributed by atoms with Gasteiger partial charge in [0.25, 0.3) is 5.89 Å². The molecule has 0 saturated carbocycles. The second kappa shape index (κ2) is 8.10. The first-order valence-electron chi connectivity index (χ1n) is 9.34. The quantitative estimate of drug-likeness (QED) is 0.542. The minimum atomic E-state index is -0.195. The SMILES string of the molecule is Cc1cc(-c2nnc(NC(=O)CC(c3ccccc3)c3ccccc3)o2)n(C)n1. The van der Waals surface area contributed by atoms with Gasteiger partial charge in [-0.3, -0.25) is 14.8 Å². The first-order chi connectivity index (χ1) is 14.1. The van der Waals surface area contributed by atoms with Crippen LogP contribution in [0, 0.1) is 6.92 Å². The summed E-state index contributed by atoms with van der Waals surface area (Å²) in [6, 6.07) is 21.9. The van der Waals surface area contributed by atoms with Crippen molar-refractivity contribution in [1.82, 2.24) is 20.0 Å². The molecular weight excluding hydrogens is 366 g/mol. The third-order valence-electron chi connectivity index (χ3n) is 4.69. The Morgan fingerprint density at radius 3 is 2.21 bits per heavy atom. The van der Waals surface area contributed by atoms with E-state index in [1.165, 1.54) is 0 Å². The zero-order valence-corrected chi connectivity index (χ0v) is 16.2. The molecular formula is C22H21N5O2. The van der Waals surface area contributed by atoms with Crippen LogP contribution in [0.1, 0.15) is 29.2 Å². The molecule has 7 heteroatoms. The number of anilines is 1. The van der Waals surface area contributed by atoms with E-state index >= 15 is 0 Å². The average Bonchev–Trinajstić information content (AvgIpc) is 3.33. The van der Waals surface area contributed by atoms with Crippen LogP contribution in [0.4, 0.5) is 6.01 Å². The third-order valence-corrected chi connectivity index (χ3v) is 4.69. The molecule has 0 bridgehead atoms. The van der Waals surface area contributed by atoms with Crippen molar-refractivity contribution < 1.29 is 9.21 Å². The predicted octanol–water partition coefficient (Wildman–Crippen LogP) is 3.94. The molecule has 146 valence electrons. The fourth-order valence-corrected chi connectivity index (χ4v) is 3.34. The van der Waals surface area contributed by atoms with Crippen molar-refractivity contribution in [2.24, 2.45) is 7.05 Å². The van der Waals surface area contributed by atoms with Gasteiger partial charge < -0.3 is 4.42 Å². The Morgan fingerprint density at radius 1 is 1.03 bits per heavy atom. The van der Waals surface area contributed by atoms with E-state index in [1.807, 2.05) is 73.7 Å². The summed E-state index contributed by atoms with van der Waals surface area (Å²) < 4.78 is 7.27. The number of amides is 1. The molecule has 0 saturated heterocycles. The van der Waals surface area contributed by atoms with Crippen LogP contribution >= 0.6 is 0 Å². The molecule has 2 aromatic heterocycles. The van der Waals surface area contributed by atoms with Crippen molar-refractivity contribution in [2.75, 3.05) is 5.32 Å². The molecule has 2 heterocycles. The Kier molecular flexibility index (Phi) is 5.20. The van der Waals surface area contributed by atoms with E-state index in [0.29, 0.717) is 11.6 Å². The maximum absolute atomic E-state index is 12.7. The largest absolute Gasteiger partial charge is 0.401 e. The van der Waals surface area contributed by atoms with Crippen LogP contribution in [-0.2, 0) is 11.8 Å². The molecule has 0 aliphatic rings. The van der Waals surface area contributed by atoms with Crippen molar-refractivity contribution >= 4 is 11.9 Å². The number of aryl methyl sites for hydroxylation is 2. The highest BCUT2D eigenvalue weighted by molar-refractivity contribution is 5.89. The highest BCUT2D eigenvalue weighted by Crippen LogP contribution is 2.28. The lowest BCUT2D eigenvalue weighted by atomic mass is 9.88. The van der Waals surface area contributed by atoms with E-state index in [-0.39, 0.29) is 24.3 Å². The van der Waals surface area contributed by atoms with Gasteiger partial charge in [-0.25, -0.2) is 0 Å². The second-order valence-electron chi connectivity index (χ2n) is 6.83. The van der Waals surface area contributed by atoms with Gasteiger partial charge in [0, 0.05) is 19.4 Å². The fourth-order valence-electron chi connectivity index (χ4n) is 3.34. The van der Waals surface area contributed by atoms with Crippen molar-refractivity contribution in [3.05, 3.63) is 83.6 Å². The molecule has 0 radical (unpaired) electrons. The minimum Gasteiger partial charge on any atom is -0.401 e. The molecule has 0 spiro atoms. The smallest absolute Gasteiger partial charge is 0.322 e. The molecule has 7 nitrogen and oxygen atoms in total. The lowest BCUT2D eigenvalue weighted by molar-refractivity contribution is -0.116. The highest BCUT2D eigenvalue weighted by atomic mass is 16.4. The van der Waals surface area contributed by atoms with Gasteiger partial charge in [0.15, 0.2) is 0 Å². The van der Waals surface area contributed by atoms with Crippen LogP contribution in [-0.4, -0.2) is 25.9 Å². The Morgan fingerprint density at radius 2 is 1.66 bits per heavy atom. The van der Waals surface area contributed by atoms with E-state index in [4.69, 9.17) is 4.42 Å².